The van der Waals surface area contributed by atoms with Crippen LogP contribution in [0.2, 0.25) is 5.02 Å². The fourth-order valence-corrected chi connectivity index (χ4v) is 3.61. The summed E-state index contributed by atoms with van der Waals surface area (Å²) in [4.78, 5) is 39.8. The monoisotopic (exact) mass is 445 g/mol. The van der Waals surface area contributed by atoms with E-state index >= 15 is 0 Å². The van der Waals surface area contributed by atoms with Crippen LogP contribution in [0.1, 0.15) is 53.7 Å². The summed E-state index contributed by atoms with van der Waals surface area (Å²) in [6, 6.07) is 8.68. The molecule has 0 unspecified atom stereocenters. The Morgan fingerprint density at radius 3 is 2.65 bits per heavy atom. The van der Waals surface area contributed by atoms with Crippen molar-refractivity contribution in [2.45, 2.75) is 45.8 Å². The van der Waals surface area contributed by atoms with Crippen molar-refractivity contribution in [2.75, 3.05) is 13.6 Å². The first-order chi connectivity index (χ1) is 14.6. The van der Waals surface area contributed by atoms with Crippen molar-refractivity contribution in [2.24, 2.45) is 5.92 Å². The average molecular weight is 446 g/mol. The van der Waals surface area contributed by atoms with Crippen LogP contribution in [-0.2, 0) is 17.9 Å². The lowest BCUT2D eigenvalue weighted by Gasteiger charge is -2.40. The molecule has 0 saturated carbocycles. The highest BCUT2D eigenvalue weighted by molar-refractivity contribution is 6.31. The van der Waals surface area contributed by atoms with Crippen LogP contribution < -0.4 is 10.6 Å². The summed E-state index contributed by atoms with van der Waals surface area (Å²) in [5, 5.41) is 10.5. The van der Waals surface area contributed by atoms with E-state index in [9.17, 15) is 14.4 Å². The number of hydrogen-bond donors (Lipinski definition) is 2. The highest BCUT2D eigenvalue weighted by Gasteiger charge is 2.46. The fraction of sp³-hybridized carbons (Fsp3) is 0.455. The van der Waals surface area contributed by atoms with Gasteiger partial charge in [-0.3, -0.25) is 19.1 Å². The van der Waals surface area contributed by atoms with Crippen LogP contribution >= 0.6 is 11.6 Å². The van der Waals surface area contributed by atoms with E-state index in [1.165, 1.54) is 15.6 Å². The predicted molar refractivity (Wildman–Crippen MR) is 118 cm³/mol. The molecule has 1 atom stereocenters. The summed E-state index contributed by atoms with van der Waals surface area (Å²) >= 11 is 6.13. The first kappa shape index (κ1) is 22.8. The van der Waals surface area contributed by atoms with E-state index in [2.05, 4.69) is 29.6 Å². The third-order valence-electron chi connectivity index (χ3n) is 5.63. The Morgan fingerprint density at radius 1 is 1.26 bits per heavy atom. The molecule has 2 heterocycles. The van der Waals surface area contributed by atoms with E-state index in [0.29, 0.717) is 17.5 Å². The van der Waals surface area contributed by atoms with Crippen LogP contribution in [-0.4, -0.2) is 51.5 Å². The van der Waals surface area contributed by atoms with Crippen LogP contribution in [0.4, 0.5) is 0 Å². The third kappa shape index (κ3) is 4.74. The number of amides is 3. The summed E-state index contributed by atoms with van der Waals surface area (Å²) in [5.74, 6) is -0.552. The zero-order chi connectivity index (χ0) is 22.8. The van der Waals surface area contributed by atoms with Gasteiger partial charge in [0.05, 0.1) is 6.54 Å². The first-order valence-electron chi connectivity index (χ1n) is 10.3. The van der Waals surface area contributed by atoms with Gasteiger partial charge in [0, 0.05) is 31.2 Å². The molecule has 1 aromatic carbocycles. The molecule has 2 N–H and O–H groups in total. The lowest BCUT2D eigenvalue weighted by Crippen LogP contribution is -2.62. The Morgan fingerprint density at radius 2 is 1.97 bits per heavy atom. The molecule has 0 spiro atoms. The molecule has 0 bridgehead atoms. The van der Waals surface area contributed by atoms with Crippen molar-refractivity contribution in [1.82, 2.24) is 25.3 Å². The second-order valence-electron chi connectivity index (χ2n) is 8.42. The Bertz CT molecular complexity index is 1000. The molecule has 1 aromatic heterocycles. The van der Waals surface area contributed by atoms with Gasteiger partial charge in [-0.05, 0) is 30.9 Å². The van der Waals surface area contributed by atoms with Gasteiger partial charge in [0.15, 0.2) is 5.69 Å². The Hall–Kier alpha value is -2.87. The summed E-state index contributed by atoms with van der Waals surface area (Å²) in [6.07, 6.45) is 0.849. The first-order valence-corrected chi connectivity index (χ1v) is 10.7. The van der Waals surface area contributed by atoms with E-state index in [1.54, 1.807) is 20.0 Å². The van der Waals surface area contributed by atoms with Crippen molar-refractivity contribution in [3.05, 3.63) is 52.3 Å². The standard InChI is InChI=1S/C22H28ClN5O3/c1-14(2)9-10-24-21(31)22(3)13-28-18(20(30)27(22)4)11-17(26-28)19(29)25-12-15-7-5-6-8-16(15)23/h5-8,11,14H,9-10,12-13H2,1-4H3,(H,24,31)(H,25,29)/t22-/m0/s1. The number of rotatable bonds is 7. The van der Waals surface area contributed by atoms with Gasteiger partial charge in [0.25, 0.3) is 11.8 Å². The maximum Gasteiger partial charge on any atom is 0.272 e. The van der Waals surface area contributed by atoms with Crippen molar-refractivity contribution in [1.29, 1.82) is 0 Å². The lowest BCUT2D eigenvalue weighted by molar-refractivity contribution is -0.132. The second-order valence-corrected chi connectivity index (χ2v) is 8.83. The van der Waals surface area contributed by atoms with Crippen molar-refractivity contribution in [3.63, 3.8) is 0 Å². The lowest BCUT2D eigenvalue weighted by atomic mass is 9.95. The molecule has 0 aliphatic carbocycles. The number of benzene rings is 1. The molecule has 2 aromatic rings. The minimum atomic E-state index is -1.10. The Kier molecular flexibility index (Phi) is 6.69. The van der Waals surface area contributed by atoms with Crippen LogP contribution in [0, 0.1) is 5.92 Å². The molecule has 3 amide bonds. The molecular weight excluding hydrogens is 418 g/mol. The van der Waals surface area contributed by atoms with Gasteiger partial charge >= 0.3 is 0 Å². The number of likely N-dealkylation sites (N-methyl/N-ethyl adjacent to an activating group) is 1. The molecule has 0 radical (unpaired) electrons. The highest BCUT2D eigenvalue weighted by atomic mass is 35.5. The minimum Gasteiger partial charge on any atom is -0.354 e. The SMILES string of the molecule is CC(C)CCNC(=O)[C@]1(C)Cn2nc(C(=O)NCc3ccccc3Cl)cc2C(=O)N1C. The van der Waals surface area contributed by atoms with Gasteiger partial charge < -0.3 is 15.5 Å². The maximum atomic E-state index is 12.9. The van der Waals surface area contributed by atoms with E-state index in [0.717, 1.165) is 12.0 Å². The van der Waals surface area contributed by atoms with E-state index < -0.39 is 11.4 Å². The van der Waals surface area contributed by atoms with E-state index in [4.69, 9.17) is 11.6 Å². The quantitative estimate of drug-likeness (QED) is 0.684. The van der Waals surface area contributed by atoms with Gasteiger partial charge in [-0.1, -0.05) is 43.6 Å². The smallest absolute Gasteiger partial charge is 0.272 e. The molecule has 0 saturated heterocycles. The van der Waals surface area contributed by atoms with Gasteiger partial charge in [0.1, 0.15) is 11.2 Å². The topological polar surface area (TPSA) is 96.3 Å². The zero-order valence-corrected chi connectivity index (χ0v) is 19.0. The van der Waals surface area contributed by atoms with Gasteiger partial charge in [-0.25, -0.2) is 0 Å². The van der Waals surface area contributed by atoms with Crippen molar-refractivity contribution in [3.8, 4) is 0 Å². The number of nitrogens with one attached hydrogen (secondary N) is 2. The number of halogens is 1. The molecule has 8 nitrogen and oxygen atoms in total. The van der Waals surface area contributed by atoms with Gasteiger partial charge in [0.2, 0.25) is 5.91 Å². The number of carbonyl (C=O) groups excluding carboxylic acids is 3. The molecule has 0 fully saturated rings. The third-order valence-corrected chi connectivity index (χ3v) is 6.00. The number of fused-ring (bicyclic) bond motifs is 1. The number of nitrogens with zero attached hydrogens (tertiary/aromatic N) is 3. The Labute approximate surface area is 186 Å². The summed E-state index contributed by atoms with van der Waals surface area (Å²) in [7, 11) is 1.60. The number of hydrogen-bond acceptors (Lipinski definition) is 4. The molecule has 1 aliphatic rings. The number of carbonyl (C=O) groups is 3. The van der Waals surface area contributed by atoms with Crippen molar-refractivity contribution >= 4 is 29.3 Å². The maximum absolute atomic E-state index is 12.9. The summed E-state index contributed by atoms with van der Waals surface area (Å²) < 4.78 is 1.44. The fourth-order valence-electron chi connectivity index (χ4n) is 3.41. The molecule has 31 heavy (non-hydrogen) atoms. The van der Waals surface area contributed by atoms with Crippen molar-refractivity contribution < 1.29 is 14.4 Å². The average Bonchev–Trinajstić information content (AvgIpc) is 3.15. The molecule has 1 aliphatic heterocycles. The van der Waals surface area contributed by atoms with Crippen LogP contribution in [0.15, 0.2) is 30.3 Å². The normalized spacial score (nSPS) is 18.1. The zero-order valence-electron chi connectivity index (χ0n) is 18.2. The summed E-state index contributed by atoms with van der Waals surface area (Å²) in [6.45, 7) is 6.81. The van der Waals surface area contributed by atoms with Gasteiger partial charge in [-0.2, -0.15) is 5.10 Å². The van der Waals surface area contributed by atoms with E-state index in [-0.39, 0.29) is 36.3 Å². The molecule has 166 valence electrons. The summed E-state index contributed by atoms with van der Waals surface area (Å²) in [5.41, 5.74) is 0.0762. The molecule has 9 heteroatoms. The Balaban J connectivity index is 1.74. The van der Waals surface area contributed by atoms with Gasteiger partial charge in [-0.15, -0.1) is 0 Å². The second kappa shape index (κ2) is 9.09. The molecule has 3 rings (SSSR count). The minimum absolute atomic E-state index is 0.119. The largest absolute Gasteiger partial charge is 0.354 e. The number of aromatic nitrogens is 2. The highest BCUT2D eigenvalue weighted by Crippen LogP contribution is 2.26. The van der Waals surface area contributed by atoms with Crippen LogP contribution in [0.3, 0.4) is 0 Å². The van der Waals surface area contributed by atoms with E-state index in [1.807, 2.05) is 18.2 Å². The molecular formula is C22H28ClN5O3. The predicted octanol–water partition coefficient (Wildman–Crippen LogP) is 2.47. The van der Waals surface area contributed by atoms with Crippen LogP contribution in [0.5, 0.6) is 0 Å². The van der Waals surface area contributed by atoms with Crippen LogP contribution in [0.25, 0.3) is 0 Å².